The molecule has 1 aromatic carbocycles. The van der Waals surface area contributed by atoms with E-state index in [1.165, 1.54) is 54.7 Å². The van der Waals surface area contributed by atoms with E-state index < -0.39 is 0 Å². The van der Waals surface area contributed by atoms with Crippen molar-refractivity contribution in [3.63, 3.8) is 0 Å². The SMILES string of the molecule is Cc1cc(Br)ccc1N1CC2(CCNCC2)C1. The van der Waals surface area contributed by atoms with E-state index in [0.29, 0.717) is 5.41 Å². The lowest BCUT2D eigenvalue weighted by atomic mass is 9.72. The molecule has 0 aliphatic carbocycles. The van der Waals surface area contributed by atoms with E-state index in [-0.39, 0.29) is 0 Å². The Balaban J connectivity index is 1.72. The van der Waals surface area contributed by atoms with Crippen LogP contribution in [0.1, 0.15) is 18.4 Å². The van der Waals surface area contributed by atoms with Gasteiger partial charge in [-0.25, -0.2) is 0 Å². The van der Waals surface area contributed by atoms with E-state index in [0.717, 1.165) is 0 Å². The third-order valence-electron chi connectivity index (χ3n) is 4.22. The van der Waals surface area contributed by atoms with Crippen molar-refractivity contribution in [1.29, 1.82) is 0 Å². The topological polar surface area (TPSA) is 15.3 Å². The Kier molecular flexibility index (Phi) is 2.91. The van der Waals surface area contributed by atoms with E-state index >= 15 is 0 Å². The molecule has 2 saturated heterocycles. The number of halogens is 1. The zero-order valence-corrected chi connectivity index (χ0v) is 11.9. The summed E-state index contributed by atoms with van der Waals surface area (Å²) in [5.74, 6) is 0. The Morgan fingerprint density at radius 3 is 2.59 bits per heavy atom. The van der Waals surface area contributed by atoms with Gasteiger partial charge in [0.2, 0.25) is 0 Å². The van der Waals surface area contributed by atoms with Crippen molar-refractivity contribution < 1.29 is 0 Å². The molecule has 2 aliphatic rings. The molecule has 0 atom stereocenters. The molecule has 2 heterocycles. The van der Waals surface area contributed by atoms with Gasteiger partial charge >= 0.3 is 0 Å². The van der Waals surface area contributed by atoms with Crippen LogP contribution < -0.4 is 10.2 Å². The summed E-state index contributed by atoms with van der Waals surface area (Å²) >= 11 is 3.53. The zero-order valence-electron chi connectivity index (χ0n) is 10.3. The fraction of sp³-hybridized carbons (Fsp3) is 0.571. The average Bonchev–Trinajstić information content (AvgIpc) is 2.27. The third kappa shape index (κ3) is 2.11. The molecule has 2 aliphatic heterocycles. The van der Waals surface area contributed by atoms with Crippen molar-refractivity contribution in [3.8, 4) is 0 Å². The highest BCUT2D eigenvalue weighted by molar-refractivity contribution is 9.10. The Morgan fingerprint density at radius 1 is 1.24 bits per heavy atom. The predicted molar refractivity (Wildman–Crippen MR) is 75.6 cm³/mol. The van der Waals surface area contributed by atoms with Gasteiger partial charge in [-0.05, 0) is 56.6 Å². The van der Waals surface area contributed by atoms with E-state index in [4.69, 9.17) is 0 Å². The molecule has 1 spiro atoms. The summed E-state index contributed by atoms with van der Waals surface area (Å²) in [5, 5.41) is 3.46. The van der Waals surface area contributed by atoms with Gasteiger partial charge in [-0.15, -0.1) is 0 Å². The standard InChI is InChI=1S/C14H19BrN2/c1-11-8-12(15)2-3-13(11)17-9-14(10-17)4-6-16-7-5-14/h2-3,8,16H,4-7,9-10H2,1H3. The lowest BCUT2D eigenvalue weighted by molar-refractivity contribution is 0.150. The van der Waals surface area contributed by atoms with Crippen LogP contribution in [-0.4, -0.2) is 26.2 Å². The Hall–Kier alpha value is -0.540. The van der Waals surface area contributed by atoms with Crippen molar-refractivity contribution in [3.05, 3.63) is 28.2 Å². The quantitative estimate of drug-likeness (QED) is 0.857. The molecule has 0 amide bonds. The van der Waals surface area contributed by atoms with E-state index in [2.05, 4.69) is 51.3 Å². The first-order valence-corrected chi connectivity index (χ1v) is 7.20. The maximum atomic E-state index is 3.53. The van der Waals surface area contributed by atoms with E-state index in [1.807, 2.05) is 0 Å². The maximum Gasteiger partial charge on any atom is 0.0397 e. The molecule has 3 rings (SSSR count). The summed E-state index contributed by atoms with van der Waals surface area (Å²) < 4.78 is 1.18. The molecule has 2 fully saturated rings. The van der Waals surface area contributed by atoms with Gasteiger partial charge in [0, 0.05) is 28.7 Å². The van der Waals surface area contributed by atoms with Crippen LogP contribution in [0.5, 0.6) is 0 Å². The van der Waals surface area contributed by atoms with Crippen molar-refractivity contribution in [2.24, 2.45) is 5.41 Å². The number of hydrogen-bond acceptors (Lipinski definition) is 2. The van der Waals surface area contributed by atoms with Gasteiger partial charge in [0.15, 0.2) is 0 Å². The number of nitrogens with zero attached hydrogens (tertiary/aromatic N) is 1. The van der Waals surface area contributed by atoms with Crippen LogP contribution in [0.25, 0.3) is 0 Å². The van der Waals surface area contributed by atoms with Crippen molar-refractivity contribution in [2.75, 3.05) is 31.1 Å². The first kappa shape index (κ1) is 11.5. The first-order valence-electron chi connectivity index (χ1n) is 6.40. The smallest absolute Gasteiger partial charge is 0.0397 e. The molecular weight excluding hydrogens is 276 g/mol. The second-order valence-corrected chi connectivity index (χ2v) is 6.45. The normalized spacial score (nSPS) is 22.6. The Morgan fingerprint density at radius 2 is 1.94 bits per heavy atom. The third-order valence-corrected chi connectivity index (χ3v) is 4.71. The average molecular weight is 295 g/mol. The zero-order chi connectivity index (χ0) is 11.9. The molecule has 0 unspecified atom stereocenters. The van der Waals surface area contributed by atoms with E-state index in [9.17, 15) is 0 Å². The highest BCUT2D eigenvalue weighted by Gasteiger charge is 2.43. The predicted octanol–water partition coefficient (Wildman–Crippen LogP) is 2.95. The van der Waals surface area contributed by atoms with E-state index in [1.54, 1.807) is 0 Å². The largest absolute Gasteiger partial charge is 0.370 e. The highest BCUT2D eigenvalue weighted by Crippen LogP contribution is 2.42. The number of aryl methyl sites for hydroxylation is 1. The number of nitrogens with one attached hydrogen (secondary N) is 1. The van der Waals surface area contributed by atoms with Crippen LogP contribution in [0, 0.1) is 12.3 Å². The molecule has 0 saturated carbocycles. The number of hydrogen-bond donors (Lipinski definition) is 1. The second-order valence-electron chi connectivity index (χ2n) is 5.54. The fourth-order valence-electron chi connectivity index (χ4n) is 3.18. The summed E-state index contributed by atoms with van der Waals surface area (Å²) in [6.45, 7) is 7.10. The fourth-order valence-corrected chi connectivity index (χ4v) is 3.66. The van der Waals surface area contributed by atoms with Gasteiger partial charge < -0.3 is 10.2 Å². The van der Waals surface area contributed by atoms with Gasteiger partial charge in [-0.3, -0.25) is 0 Å². The summed E-state index contributed by atoms with van der Waals surface area (Å²) in [5.41, 5.74) is 3.41. The number of benzene rings is 1. The number of anilines is 1. The summed E-state index contributed by atoms with van der Waals surface area (Å²) in [4.78, 5) is 2.53. The molecule has 17 heavy (non-hydrogen) atoms. The summed E-state index contributed by atoms with van der Waals surface area (Å²) in [7, 11) is 0. The lowest BCUT2D eigenvalue weighted by Crippen LogP contribution is -2.60. The number of piperidine rings is 1. The summed E-state index contributed by atoms with van der Waals surface area (Å²) in [6, 6.07) is 6.60. The molecular formula is C14H19BrN2. The molecule has 0 radical (unpaired) electrons. The van der Waals surface area contributed by atoms with Crippen LogP contribution in [0.3, 0.4) is 0 Å². The lowest BCUT2D eigenvalue weighted by Gasteiger charge is -2.54. The van der Waals surface area contributed by atoms with Crippen LogP contribution in [0.2, 0.25) is 0 Å². The van der Waals surface area contributed by atoms with Gasteiger partial charge in [0.1, 0.15) is 0 Å². The Bertz CT molecular complexity index is 416. The summed E-state index contributed by atoms with van der Waals surface area (Å²) in [6.07, 6.45) is 2.69. The Labute approximate surface area is 112 Å². The molecule has 1 N–H and O–H groups in total. The van der Waals surface area contributed by atoms with Gasteiger partial charge in [-0.1, -0.05) is 15.9 Å². The second kappa shape index (κ2) is 4.29. The molecule has 2 nitrogen and oxygen atoms in total. The minimum atomic E-state index is 0.616. The molecule has 1 aromatic rings. The van der Waals surface area contributed by atoms with Crippen LogP contribution in [0.4, 0.5) is 5.69 Å². The van der Waals surface area contributed by atoms with Gasteiger partial charge in [0.25, 0.3) is 0 Å². The maximum absolute atomic E-state index is 3.53. The molecule has 0 bridgehead atoms. The molecule has 0 aromatic heterocycles. The van der Waals surface area contributed by atoms with Gasteiger partial charge in [-0.2, -0.15) is 0 Å². The van der Waals surface area contributed by atoms with Crippen molar-refractivity contribution >= 4 is 21.6 Å². The molecule has 92 valence electrons. The highest BCUT2D eigenvalue weighted by atomic mass is 79.9. The van der Waals surface area contributed by atoms with Crippen molar-refractivity contribution in [2.45, 2.75) is 19.8 Å². The first-order chi connectivity index (χ1) is 8.19. The van der Waals surface area contributed by atoms with Crippen LogP contribution in [0.15, 0.2) is 22.7 Å². The van der Waals surface area contributed by atoms with Crippen LogP contribution in [-0.2, 0) is 0 Å². The van der Waals surface area contributed by atoms with Crippen LogP contribution >= 0.6 is 15.9 Å². The number of rotatable bonds is 1. The molecule has 3 heteroatoms. The van der Waals surface area contributed by atoms with Gasteiger partial charge in [0.05, 0.1) is 0 Å². The minimum absolute atomic E-state index is 0.616. The minimum Gasteiger partial charge on any atom is -0.370 e. The monoisotopic (exact) mass is 294 g/mol. The van der Waals surface area contributed by atoms with Crippen molar-refractivity contribution in [1.82, 2.24) is 5.32 Å².